The zero-order chi connectivity index (χ0) is 15.3. The lowest BCUT2D eigenvalue weighted by atomic mass is 9.88. The maximum Gasteiger partial charge on any atom is 0.180 e. The molecule has 1 atom stereocenters. The Morgan fingerprint density at radius 1 is 1.00 bits per heavy atom. The van der Waals surface area contributed by atoms with Gasteiger partial charge in [-0.25, -0.2) is 8.42 Å². The van der Waals surface area contributed by atoms with Crippen molar-refractivity contribution in [2.75, 3.05) is 13.1 Å². The van der Waals surface area contributed by atoms with Crippen LogP contribution in [0.15, 0.2) is 29.2 Å². The number of sulfone groups is 1. The van der Waals surface area contributed by atoms with E-state index in [-0.39, 0.29) is 0 Å². The van der Waals surface area contributed by atoms with Gasteiger partial charge in [0.2, 0.25) is 0 Å². The second-order valence-electron chi connectivity index (χ2n) is 5.65. The van der Waals surface area contributed by atoms with Gasteiger partial charge in [0, 0.05) is 0 Å². The van der Waals surface area contributed by atoms with Crippen LogP contribution >= 0.6 is 0 Å². The zero-order valence-electron chi connectivity index (χ0n) is 12.5. The molecule has 0 saturated heterocycles. The van der Waals surface area contributed by atoms with Crippen LogP contribution in [0.3, 0.4) is 0 Å². The molecule has 4 N–H and O–H groups in total. The molecule has 0 bridgehead atoms. The fraction of sp³-hybridized carbons (Fsp3) is 0.600. The molecule has 20 heavy (non-hydrogen) atoms. The van der Waals surface area contributed by atoms with E-state index < -0.39 is 15.1 Å². The third kappa shape index (κ3) is 4.04. The summed E-state index contributed by atoms with van der Waals surface area (Å²) in [6, 6.07) is 7.15. The quantitative estimate of drug-likeness (QED) is 0.800. The summed E-state index contributed by atoms with van der Waals surface area (Å²) in [6.45, 7) is 6.68. The topological polar surface area (TPSA) is 86.2 Å². The molecule has 0 fully saturated rings. The van der Waals surface area contributed by atoms with Gasteiger partial charge in [-0.2, -0.15) is 0 Å². The molecule has 0 aliphatic carbocycles. The van der Waals surface area contributed by atoms with Crippen LogP contribution in [0.2, 0.25) is 0 Å². The highest BCUT2D eigenvalue weighted by Crippen LogP contribution is 2.20. The van der Waals surface area contributed by atoms with Crippen LogP contribution in [0.4, 0.5) is 0 Å². The Kier molecular flexibility index (Phi) is 6.17. The number of benzene rings is 1. The maximum absolute atomic E-state index is 12.0. The molecule has 1 unspecified atom stereocenters. The van der Waals surface area contributed by atoms with Crippen molar-refractivity contribution in [3.05, 3.63) is 29.8 Å². The van der Waals surface area contributed by atoms with E-state index in [9.17, 15) is 8.42 Å². The Morgan fingerprint density at radius 2 is 1.50 bits per heavy atom. The molecule has 114 valence electrons. The van der Waals surface area contributed by atoms with Crippen molar-refractivity contribution in [2.45, 2.75) is 37.3 Å². The van der Waals surface area contributed by atoms with Gasteiger partial charge in [0.15, 0.2) is 9.84 Å². The summed E-state index contributed by atoms with van der Waals surface area (Å²) >= 11 is 0. The normalized spacial score (nSPS) is 13.9. The van der Waals surface area contributed by atoms with Gasteiger partial charge in [0.05, 0.1) is 10.1 Å². The van der Waals surface area contributed by atoms with Gasteiger partial charge >= 0.3 is 0 Å². The van der Waals surface area contributed by atoms with E-state index in [0.29, 0.717) is 29.8 Å². The minimum Gasteiger partial charge on any atom is -0.330 e. The average molecular weight is 298 g/mol. The number of nitrogens with two attached hydrogens (primary N) is 2. The molecule has 0 aliphatic heterocycles. The molecule has 0 saturated carbocycles. The van der Waals surface area contributed by atoms with E-state index in [1.165, 1.54) is 0 Å². The summed E-state index contributed by atoms with van der Waals surface area (Å²) in [7, 11) is -3.19. The van der Waals surface area contributed by atoms with E-state index >= 15 is 0 Å². The summed E-state index contributed by atoms with van der Waals surface area (Å²) in [6.07, 6.45) is 0.862. The summed E-state index contributed by atoms with van der Waals surface area (Å²) in [5, 5.41) is -0.397. The van der Waals surface area contributed by atoms with Crippen LogP contribution in [0.5, 0.6) is 0 Å². The Balaban J connectivity index is 2.83. The highest BCUT2D eigenvalue weighted by Gasteiger charge is 2.19. The lowest BCUT2D eigenvalue weighted by Gasteiger charge is -2.21. The number of hydrogen-bond donors (Lipinski definition) is 2. The molecule has 0 aliphatic rings. The van der Waals surface area contributed by atoms with Crippen molar-refractivity contribution < 1.29 is 8.42 Å². The SMILES string of the molecule is CC(Cc1ccc(S(=O)(=O)C(C)C)cc1)C(CN)CN. The smallest absolute Gasteiger partial charge is 0.180 e. The minimum atomic E-state index is -3.19. The summed E-state index contributed by atoms with van der Waals surface area (Å²) in [5.74, 6) is 0.687. The molecule has 0 heterocycles. The molecule has 1 rings (SSSR count). The van der Waals surface area contributed by atoms with Crippen LogP contribution < -0.4 is 11.5 Å². The Morgan fingerprint density at radius 3 is 1.90 bits per heavy atom. The fourth-order valence-corrected chi connectivity index (χ4v) is 3.25. The molecule has 0 spiro atoms. The van der Waals surface area contributed by atoms with Gasteiger partial charge < -0.3 is 11.5 Å². The molecule has 1 aromatic rings. The molecule has 0 amide bonds. The van der Waals surface area contributed by atoms with Crippen LogP contribution in [0.1, 0.15) is 26.3 Å². The van der Waals surface area contributed by atoms with Crippen molar-refractivity contribution in [3.8, 4) is 0 Å². The van der Waals surface area contributed by atoms with Gasteiger partial charge in [-0.05, 0) is 62.9 Å². The van der Waals surface area contributed by atoms with Crippen molar-refractivity contribution in [1.29, 1.82) is 0 Å². The first-order valence-electron chi connectivity index (χ1n) is 7.05. The summed E-state index contributed by atoms with van der Waals surface area (Å²) < 4.78 is 24.1. The average Bonchev–Trinajstić information content (AvgIpc) is 2.40. The van der Waals surface area contributed by atoms with Gasteiger partial charge in [0.25, 0.3) is 0 Å². The van der Waals surface area contributed by atoms with Crippen molar-refractivity contribution in [3.63, 3.8) is 0 Å². The van der Waals surface area contributed by atoms with Gasteiger partial charge in [0.1, 0.15) is 0 Å². The van der Waals surface area contributed by atoms with Crippen molar-refractivity contribution >= 4 is 9.84 Å². The molecule has 5 heteroatoms. The lowest BCUT2D eigenvalue weighted by molar-refractivity contribution is 0.372. The lowest BCUT2D eigenvalue weighted by Crippen LogP contribution is -2.30. The second-order valence-corrected chi connectivity index (χ2v) is 8.15. The molecular weight excluding hydrogens is 272 g/mol. The van der Waals surface area contributed by atoms with Crippen molar-refractivity contribution in [1.82, 2.24) is 0 Å². The van der Waals surface area contributed by atoms with Gasteiger partial charge in [-0.3, -0.25) is 0 Å². The van der Waals surface area contributed by atoms with E-state index in [1.54, 1.807) is 26.0 Å². The molecule has 4 nitrogen and oxygen atoms in total. The predicted molar refractivity (Wildman–Crippen MR) is 83.2 cm³/mol. The molecular formula is C15H26N2O2S. The standard InChI is InChI=1S/C15H26N2O2S/c1-11(2)20(18,19)15-6-4-13(5-7-15)8-12(3)14(9-16)10-17/h4-7,11-12,14H,8-10,16-17H2,1-3H3. The van der Waals surface area contributed by atoms with E-state index in [0.717, 1.165) is 12.0 Å². The van der Waals surface area contributed by atoms with Crippen molar-refractivity contribution in [2.24, 2.45) is 23.3 Å². The van der Waals surface area contributed by atoms with Crippen LogP contribution in [0, 0.1) is 11.8 Å². The van der Waals surface area contributed by atoms with Gasteiger partial charge in [-0.1, -0.05) is 19.1 Å². The Hall–Kier alpha value is -0.910. The number of hydrogen-bond acceptors (Lipinski definition) is 4. The summed E-state index contributed by atoms with van der Waals surface area (Å²) in [5.41, 5.74) is 12.5. The minimum absolute atomic E-state index is 0.300. The van der Waals surface area contributed by atoms with Crippen LogP contribution in [0.25, 0.3) is 0 Å². The predicted octanol–water partition coefficient (Wildman–Crippen LogP) is 1.58. The number of rotatable bonds is 7. The van der Waals surface area contributed by atoms with Crippen LogP contribution in [-0.2, 0) is 16.3 Å². The molecule has 0 aromatic heterocycles. The zero-order valence-corrected chi connectivity index (χ0v) is 13.4. The third-order valence-electron chi connectivity index (χ3n) is 3.84. The monoisotopic (exact) mass is 298 g/mol. The van der Waals surface area contributed by atoms with E-state index in [2.05, 4.69) is 6.92 Å². The fourth-order valence-electron chi connectivity index (χ4n) is 2.19. The summed E-state index contributed by atoms with van der Waals surface area (Å²) in [4.78, 5) is 0.387. The highest BCUT2D eigenvalue weighted by atomic mass is 32.2. The first kappa shape index (κ1) is 17.1. The van der Waals surface area contributed by atoms with Gasteiger partial charge in [-0.15, -0.1) is 0 Å². The molecule has 1 aromatic carbocycles. The second kappa shape index (κ2) is 7.20. The van der Waals surface area contributed by atoms with E-state index in [4.69, 9.17) is 11.5 Å². The van der Waals surface area contributed by atoms with Crippen LogP contribution in [-0.4, -0.2) is 26.8 Å². The Bertz CT molecular complexity index is 505. The third-order valence-corrected chi connectivity index (χ3v) is 6.01. The molecule has 0 radical (unpaired) electrons. The van der Waals surface area contributed by atoms with E-state index in [1.807, 2.05) is 12.1 Å². The first-order valence-corrected chi connectivity index (χ1v) is 8.60. The highest BCUT2D eigenvalue weighted by molar-refractivity contribution is 7.92. The Labute approximate surface area is 122 Å². The first-order chi connectivity index (χ1) is 9.32. The largest absolute Gasteiger partial charge is 0.330 e. The maximum atomic E-state index is 12.0.